The third kappa shape index (κ3) is 3.94. The summed E-state index contributed by atoms with van der Waals surface area (Å²) < 4.78 is 6.77. The van der Waals surface area contributed by atoms with Crippen molar-refractivity contribution in [3.05, 3.63) is 68.7 Å². The number of nitrogens with one attached hydrogen (secondary N) is 2. The number of hydrogen-bond donors (Lipinski definition) is 2. The maximum Gasteiger partial charge on any atom is 0.272 e. The van der Waals surface area contributed by atoms with E-state index >= 15 is 0 Å². The minimum Gasteiger partial charge on any atom is -0.379 e. The highest BCUT2D eigenvalue weighted by Crippen LogP contribution is 2.50. The van der Waals surface area contributed by atoms with Gasteiger partial charge in [-0.25, -0.2) is 9.50 Å². The topological polar surface area (TPSA) is 91.7 Å². The van der Waals surface area contributed by atoms with Crippen LogP contribution in [-0.4, -0.2) is 58.3 Å². The van der Waals surface area contributed by atoms with Crippen LogP contribution in [0.25, 0.3) is 5.65 Å². The first-order valence-corrected chi connectivity index (χ1v) is 11.4. The molecule has 2 N–H and O–H groups in total. The van der Waals surface area contributed by atoms with E-state index in [0.717, 1.165) is 48.6 Å². The highest BCUT2D eigenvalue weighted by atomic mass is 35.5. The number of hydrogen-bond acceptors (Lipinski definition) is 5. The molecule has 0 unspecified atom stereocenters. The lowest BCUT2D eigenvalue weighted by Crippen LogP contribution is -2.43. The Hall–Kier alpha value is -2.68. The predicted molar refractivity (Wildman–Crippen MR) is 121 cm³/mol. The van der Waals surface area contributed by atoms with Gasteiger partial charge in [-0.1, -0.05) is 36.2 Å². The molecule has 1 saturated heterocycles. The summed E-state index contributed by atoms with van der Waals surface area (Å²) in [6.45, 7) is 3.32. The first kappa shape index (κ1) is 21.2. The summed E-state index contributed by atoms with van der Waals surface area (Å²) in [6, 6.07) is 11.3. The minimum atomic E-state index is -0.231. The smallest absolute Gasteiger partial charge is 0.272 e. The lowest BCUT2D eigenvalue weighted by atomic mass is 9.62. The summed E-state index contributed by atoms with van der Waals surface area (Å²) in [5, 5.41) is 6.86. The molecule has 0 bridgehead atoms. The molecule has 2 fully saturated rings. The van der Waals surface area contributed by atoms with Crippen molar-refractivity contribution in [3.63, 3.8) is 0 Å². The second-order valence-corrected chi connectivity index (χ2v) is 8.94. The maximum atomic E-state index is 12.7. The number of aromatic amines is 1. The number of rotatable bonds is 6. The van der Waals surface area contributed by atoms with Crippen LogP contribution < -0.4 is 10.9 Å². The van der Waals surface area contributed by atoms with Crippen LogP contribution in [0.15, 0.2) is 41.2 Å². The number of morpholine rings is 1. The zero-order chi connectivity index (χ0) is 22.1. The van der Waals surface area contributed by atoms with Crippen molar-refractivity contribution >= 4 is 23.2 Å². The summed E-state index contributed by atoms with van der Waals surface area (Å²) >= 11 is 6.52. The molecule has 1 aromatic carbocycles. The van der Waals surface area contributed by atoms with Crippen LogP contribution >= 0.6 is 11.6 Å². The molecule has 1 amide bonds. The fraction of sp³-hybridized carbons (Fsp3) is 0.435. The molecule has 9 heteroatoms. The van der Waals surface area contributed by atoms with Crippen LogP contribution in [0.2, 0.25) is 5.02 Å². The van der Waals surface area contributed by atoms with E-state index in [1.54, 1.807) is 0 Å². The molecule has 0 spiro atoms. The lowest BCUT2D eigenvalue weighted by molar-refractivity contribution is -0.123. The summed E-state index contributed by atoms with van der Waals surface area (Å²) in [6.07, 6.45) is 3.02. The van der Waals surface area contributed by atoms with Gasteiger partial charge in [0.2, 0.25) is 5.91 Å². The first-order chi connectivity index (χ1) is 15.5. The van der Waals surface area contributed by atoms with E-state index in [1.165, 1.54) is 10.6 Å². The van der Waals surface area contributed by atoms with Crippen LogP contribution in [0.3, 0.4) is 0 Å². The Kier molecular flexibility index (Phi) is 5.75. The molecular weight excluding hydrogens is 430 g/mol. The van der Waals surface area contributed by atoms with Gasteiger partial charge in [0.05, 0.1) is 32.0 Å². The summed E-state index contributed by atoms with van der Waals surface area (Å²) in [5.74, 6) is -0.0872. The number of benzene rings is 1. The zero-order valence-corrected chi connectivity index (χ0v) is 18.5. The van der Waals surface area contributed by atoms with Gasteiger partial charge in [-0.3, -0.25) is 19.6 Å². The van der Waals surface area contributed by atoms with Crippen LogP contribution in [0.4, 0.5) is 0 Å². The zero-order valence-electron chi connectivity index (χ0n) is 17.8. The molecule has 1 aliphatic carbocycles. The maximum absolute atomic E-state index is 12.7. The second-order valence-electron chi connectivity index (χ2n) is 8.53. The van der Waals surface area contributed by atoms with Gasteiger partial charge in [0.25, 0.3) is 5.56 Å². The van der Waals surface area contributed by atoms with Crippen molar-refractivity contribution in [2.75, 3.05) is 32.8 Å². The van der Waals surface area contributed by atoms with Gasteiger partial charge in [0.1, 0.15) is 0 Å². The minimum absolute atomic E-state index is 0.0872. The number of fused-ring (bicyclic) bond motifs is 1. The molecule has 2 aromatic heterocycles. The van der Waals surface area contributed by atoms with Crippen molar-refractivity contribution in [1.82, 2.24) is 24.8 Å². The number of aromatic nitrogens is 3. The third-order valence-corrected chi connectivity index (χ3v) is 6.88. The monoisotopic (exact) mass is 455 g/mol. The van der Waals surface area contributed by atoms with E-state index in [1.807, 2.05) is 24.3 Å². The Morgan fingerprint density at radius 2 is 2.00 bits per heavy atom. The molecule has 8 nitrogen and oxygen atoms in total. The Labute approximate surface area is 190 Å². The Bertz CT molecular complexity index is 1190. The number of H-pyrrole nitrogens is 1. The van der Waals surface area contributed by atoms with Crippen molar-refractivity contribution in [1.29, 1.82) is 0 Å². The summed E-state index contributed by atoms with van der Waals surface area (Å²) in [5.41, 5.74) is 2.66. The molecule has 168 valence electrons. The van der Waals surface area contributed by atoms with Gasteiger partial charge in [-0.2, -0.15) is 0 Å². The largest absolute Gasteiger partial charge is 0.379 e. The Morgan fingerprint density at radius 3 is 2.72 bits per heavy atom. The van der Waals surface area contributed by atoms with Crippen molar-refractivity contribution < 1.29 is 9.53 Å². The quantitative estimate of drug-likeness (QED) is 0.594. The molecule has 3 aromatic rings. The van der Waals surface area contributed by atoms with Gasteiger partial charge >= 0.3 is 0 Å². The normalized spacial score (nSPS) is 18.4. The number of nitrogens with zero attached hydrogens (tertiary/aromatic N) is 3. The summed E-state index contributed by atoms with van der Waals surface area (Å²) in [4.78, 5) is 31.7. The molecule has 1 aliphatic heterocycles. The lowest BCUT2D eigenvalue weighted by Gasteiger charge is -2.42. The Morgan fingerprint density at radius 1 is 1.22 bits per heavy atom. The number of halogens is 1. The second kappa shape index (κ2) is 8.69. The van der Waals surface area contributed by atoms with Crippen LogP contribution in [0, 0.1) is 0 Å². The molecule has 0 radical (unpaired) electrons. The van der Waals surface area contributed by atoms with E-state index in [4.69, 9.17) is 16.3 Å². The number of carbonyl (C=O) groups excluding carboxylic acids is 1. The summed E-state index contributed by atoms with van der Waals surface area (Å²) in [7, 11) is 0. The molecule has 2 aliphatic rings. The van der Waals surface area contributed by atoms with Crippen molar-refractivity contribution in [2.45, 2.75) is 31.2 Å². The average Bonchev–Trinajstić information content (AvgIpc) is 3.18. The molecule has 5 rings (SSSR count). The molecule has 1 saturated carbocycles. The van der Waals surface area contributed by atoms with E-state index in [0.29, 0.717) is 31.1 Å². The molecule has 0 atom stereocenters. The van der Waals surface area contributed by atoms with Crippen LogP contribution in [0.1, 0.15) is 36.2 Å². The average molecular weight is 456 g/mol. The van der Waals surface area contributed by atoms with E-state index < -0.39 is 0 Å². The van der Waals surface area contributed by atoms with E-state index in [2.05, 4.69) is 26.4 Å². The first-order valence-electron chi connectivity index (χ1n) is 11.0. The van der Waals surface area contributed by atoms with Crippen LogP contribution in [0.5, 0.6) is 0 Å². The fourth-order valence-corrected chi connectivity index (χ4v) is 4.96. The molecule has 3 heterocycles. The molecular formula is C23H26ClN5O3. The predicted octanol–water partition coefficient (Wildman–Crippen LogP) is 2.09. The highest BCUT2D eigenvalue weighted by molar-refractivity contribution is 6.31. The van der Waals surface area contributed by atoms with Gasteiger partial charge in [0.15, 0.2) is 5.65 Å². The standard InChI is InChI=1S/C23H26ClN5O3/c24-18-5-2-1-4-17(18)23(6-3-7-23)19-13-20-26-16(12-22(31)29(20)27-19)14-25-21(30)15-28-8-10-32-11-9-28/h1-2,4-5,12-13,27H,3,6-11,14-15H2,(H,25,30). The Balaban J connectivity index is 1.36. The van der Waals surface area contributed by atoms with Crippen molar-refractivity contribution in [2.24, 2.45) is 0 Å². The van der Waals surface area contributed by atoms with E-state index in [-0.39, 0.29) is 23.4 Å². The van der Waals surface area contributed by atoms with E-state index in [9.17, 15) is 9.59 Å². The molecule has 32 heavy (non-hydrogen) atoms. The van der Waals surface area contributed by atoms with Gasteiger partial charge in [0, 0.05) is 41.4 Å². The SMILES string of the molecule is O=C(CN1CCOCC1)NCc1cc(=O)n2[nH]c(C3(c4ccccc4Cl)CCC3)cc2n1. The highest BCUT2D eigenvalue weighted by Gasteiger charge is 2.43. The van der Waals surface area contributed by atoms with Gasteiger partial charge in [-0.15, -0.1) is 0 Å². The van der Waals surface area contributed by atoms with Crippen LogP contribution in [-0.2, 0) is 21.5 Å². The number of carbonyl (C=O) groups is 1. The van der Waals surface area contributed by atoms with Gasteiger partial charge in [-0.05, 0) is 24.5 Å². The number of ether oxygens (including phenoxy) is 1. The number of amides is 1. The van der Waals surface area contributed by atoms with Gasteiger partial charge < -0.3 is 10.1 Å². The van der Waals surface area contributed by atoms with Crippen molar-refractivity contribution in [3.8, 4) is 0 Å². The fourth-order valence-electron chi connectivity index (χ4n) is 4.65. The third-order valence-electron chi connectivity index (χ3n) is 6.55.